The van der Waals surface area contributed by atoms with Crippen molar-refractivity contribution in [2.24, 2.45) is 0 Å². The van der Waals surface area contributed by atoms with E-state index in [-0.39, 0.29) is 5.82 Å². The Bertz CT molecular complexity index is 844. The third-order valence-corrected chi connectivity index (χ3v) is 4.57. The van der Waals surface area contributed by atoms with Crippen LogP contribution in [0.15, 0.2) is 30.9 Å². The van der Waals surface area contributed by atoms with Crippen molar-refractivity contribution in [1.29, 1.82) is 0 Å². The fourth-order valence-electron chi connectivity index (χ4n) is 3.31. The van der Waals surface area contributed by atoms with Gasteiger partial charge in [-0.3, -0.25) is 9.58 Å². The molecule has 0 bridgehead atoms. The second kappa shape index (κ2) is 6.67. The first kappa shape index (κ1) is 15.8. The molecule has 0 amide bonds. The largest absolute Gasteiger partial charge is 0.291 e. The Morgan fingerprint density at radius 1 is 1.32 bits per heavy atom. The summed E-state index contributed by atoms with van der Waals surface area (Å²) in [6.45, 7) is 4.23. The molecule has 1 atom stereocenters. The Morgan fingerprint density at radius 3 is 3.08 bits per heavy atom. The Morgan fingerprint density at radius 2 is 2.24 bits per heavy atom. The molecular formula is C16H19FN8. The summed E-state index contributed by atoms with van der Waals surface area (Å²) in [7, 11) is 0. The maximum absolute atomic E-state index is 14.2. The quantitative estimate of drug-likeness (QED) is 0.697. The van der Waals surface area contributed by atoms with Crippen molar-refractivity contribution in [3.05, 3.63) is 48.1 Å². The van der Waals surface area contributed by atoms with Crippen LogP contribution in [0, 0.1) is 12.7 Å². The van der Waals surface area contributed by atoms with Gasteiger partial charge in [0, 0.05) is 6.04 Å². The van der Waals surface area contributed by atoms with Gasteiger partial charge in [0.2, 0.25) is 0 Å². The Labute approximate surface area is 144 Å². The number of tetrazole rings is 1. The Kier molecular flexibility index (Phi) is 4.22. The van der Waals surface area contributed by atoms with Crippen LogP contribution in [0.5, 0.6) is 0 Å². The van der Waals surface area contributed by atoms with E-state index in [4.69, 9.17) is 0 Å². The van der Waals surface area contributed by atoms with E-state index in [1.165, 1.54) is 10.7 Å². The molecule has 3 heterocycles. The number of likely N-dealkylation sites (tertiary alicyclic amines) is 1. The van der Waals surface area contributed by atoms with Crippen LogP contribution in [0.4, 0.5) is 4.39 Å². The van der Waals surface area contributed by atoms with Crippen LogP contribution >= 0.6 is 0 Å². The van der Waals surface area contributed by atoms with E-state index in [0.29, 0.717) is 24.1 Å². The molecule has 0 aliphatic carbocycles. The van der Waals surface area contributed by atoms with E-state index in [1.54, 1.807) is 24.8 Å². The van der Waals surface area contributed by atoms with Crippen molar-refractivity contribution in [2.75, 3.05) is 6.54 Å². The van der Waals surface area contributed by atoms with Gasteiger partial charge in [0.05, 0.1) is 13.1 Å². The lowest BCUT2D eigenvalue weighted by molar-refractivity contribution is 0.212. The van der Waals surface area contributed by atoms with Gasteiger partial charge in [-0.15, -0.1) is 5.10 Å². The van der Waals surface area contributed by atoms with Crippen molar-refractivity contribution >= 4 is 0 Å². The Hall–Kier alpha value is -2.68. The van der Waals surface area contributed by atoms with Gasteiger partial charge < -0.3 is 0 Å². The van der Waals surface area contributed by atoms with E-state index in [9.17, 15) is 4.39 Å². The molecule has 1 aromatic carbocycles. The minimum Gasteiger partial charge on any atom is -0.291 e. The predicted molar refractivity (Wildman–Crippen MR) is 87.3 cm³/mol. The van der Waals surface area contributed by atoms with Gasteiger partial charge in [-0.1, -0.05) is 6.07 Å². The standard InChI is InChI=1S/C16H19FN8/c1-12-4-5-14(17)15(7-12)25-16(20-21-22-25)9-23-6-2-3-13(23)8-24-11-18-10-19-24/h4-5,7,10-11,13H,2-3,6,8-9H2,1H3/t13-/m1/s1. The van der Waals surface area contributed by atoms with Crippen molar-refractivity contribution < 1.29 is 4.39 Å². The van der Waals surface area contributed by atoms with E-state index in [1.807, 2.05) is 11.6 Å². The van der Waals surface area contributed by atoms with Crippen LogP contribution in [-0.4, -0.2) is 52.5 Å². The SMILES string of the molecule is Cc1ccc(F)c(-n2nnnc2CN2CCC[C@@H]2Cn2cncn2)c1. The molecule has 0 spiro atoms. The predicted octanol–water partition coefficient (Wildman–Crippen LogP) is 1.37. The van der Waals surface area contributed by atoms with E-state index >= 15 is 0 Å². The smallest absolute Gasteiger partial charge is 0.170 e. The summed E-state index contributed by atoms with van der Waals surface area (Å²) in [5.74, 6) is 0.301. The average Bonchev–Trinajstić information content (AvgIpc) is 3.34. The Balaban J connectivity index is 1.55. The lowest BCUT2D eigenvalue weighted by Crippen LogP contribution is -2.33. The number of aryl methyl sites for hydroxylation is 1. The fraction of sp³-hybridized carbons (Fsp3) is 0.438. The molecule has 0 unspecified atom stereocenters. The van der Waals surface area contributed by atoms with Crippen LogP contribution in [0.25, 0.3) is 5.69 Å². The van der Waals surface area contributed by atoms with Crippen molar-refractivity contribution in [3.8, 4) is 5.69 Å². The average molecular weight is 342 g/mol. The number of nitrogens with zero attached hydrogens (tertiary/aromatic N) is 8. The number of aromatic nitrogens is 7. The molecule has 4 rings (SSSR count). The van der Waals surface area contributed by atoms with Crippen LogP contribution in [0.3, 0.4) is 0 Å². The molecule has 1 aliphatic heterocycles. The third-order valence-electron chi connectivity index (χ3n) is 4.57. The van der Waals surface area contributed by atoms with Crippen LogP contribution < -0.4 is 0 Å². The highest BCUT2D eigenvalue weighted by Crippen LogP contribution is 2.22. The molecule has 9 heteroatoms. The van der Waals surface area contributed by atoms with Crippen molar-refractivity contribution in [2.45, 2.75) is 38.9 Å². The maximum Gasteiger partial charge on any atom is 0.170 e. The molecule has 0 saturated carbocycles. The second-order valence-corrected chi connectivity index (χ2v) is 6.35. The van der Waals surface area contributed by atoms with E-state index < -0.39 is 0 Å². The highest BCUT2D eigenvalue weighted by molar-refractivity contribution is 5.36. The lowest BCUT2D eigenvalue weighted by atomic mass is 10.2. The summed E-state index contributed by atoms with van der Waals surface area (Å²) in [5, 5.41) is 16.0. The molecule has 8 nitrogen and oxygen atoms in total. The van der Waals surface area contributed by atoms with Crippen LogP contribution in [0.2, 0.25) is 0 Å². The highest BCUT2D eigenvalue weighted by atomic mass is 19.1. The monoisotopic (exact) mass is 342 g/mol. The van der Waals surface area contributed by atoms with Gasteiger partial charge in [0.1, 0.15) is 24.2 Å². The molecule has 1 fully saturated rings. The summed E-state index contributed by atoms with van der Waals surface area (Å²) in [4.78, 5) is 6.31. The minimum absolute atomic E-state index is 0.334. The van der Waals surface area contributed by atoms with Crippen molar-refractivity contribution in [3.63, 3.8) is 0 Å². The summed E-state index contributed by atoms with van der Waals surface area (Å²) in [6.07, 6.45) is 5.46. The van der Waals surface area contributed by atoms with Gasteiger partial charge in [0.15, 0.2) is 5.82 Å². The first-order chi connectivity index (χ1) is 12.2. The summed E-state index contributed by atoms with van der Waals surface area (Å²) in [5.41, 5.74) is 1.34. The first-order valence-corrected chi connectivity index (χ1v) is 8.31. The molecule has 25 heavy (non-hydrogen) atoms. The zero-order chi connectivity index (χ0) is 17.2. The number of benzene rings is 1. The molecule has 130 valence electrons. The van der Waals surface area contributed by atoms with Gasteiger partial charge in [0.25, 0.3) is 0 Å². The van der Waals surface area contributed by atoms with Crippen LogP contribution in [0.1, 0.15) is 24.2 Å². The summed E-state index contributed by atoms with van der Waals surface area (Å²) in [6, 6.07) is 5.28. The first-order valence-electron chi connectivity index (χ1n) is 8.31. The topological polar surface area (TPSA) is 77.5 Å². The zero-order valence-electron chi connectivity index (χ0n) is 14.0. The number of halogens is 1. The molecule has 0 N–H and O–H groups in total. The number of hydrogen-bond acceptors (Lipinski definition) is 6. The normalized spacial score (nSPS) is 18.1. The van der Waals surface area contributed by atoms with Gasteiger partial charge in [-0.2, -0.15) is 9.78 Å². The highest BCUT2D eigenvalue weighted by Gasteiger charge is 2.27. The van der Waals surface area contributed by atoms with E-state index in [0.717, 1.165) is 31.5 Å². The molecule has 1 saturated heterocycles. The number of hydrogen-bond donors (Lipinski definition) is 0. The summed E-state index contributed by atoms with van der Waals surface area (Å²) < 4.78 is 17.5. The van der Waals surface area contributed by atoms with Gasteiger partial charge in [-0.05, 0) is 54.4 Å². The second-order valence-electron chi connectivity index (χ2n) is 6.35. The van der Waals surface area contributed by atoms with Crippen LogP contribution in [-0.2, 0) is 13.1 Å². The molecular weight excluding hydrogens is 323 g/mol. The minimum atomic E-state index is -0.334. The molecule has 0 radical (unpaired) electrons. The molecule has 2 aromatic heterocycles. The molecule has 3 aromatic rings. The number of rotatable bonds is 5. The van der Waals surface area contributed by atoms with Crippen molar-refractivity contribution in [1.82, 2.24) is 39.9 Å². The van der Waals surface area contributed by atoms with Gasteiger partial charge in [-0.25, -0.2) is 9.37 Å². The maximum atomic E-state index is 14.2. The van der Waals surface area contributed by atoms with E-state index in [2.05, 4.69) is 30.5 Å². The fourth-order valence-corrected chi connectivity index (χ4v) is 3.31. The zero-order valence-corrected chi connectivity index (χ0v) is 14.0. The third kappa shape index (κ3) is 3.27. The molecule has 1 aliphatic rings. The van der Waals surface area contributed by atoms with Gasteiger partial charge >= 0.3 is 0 Å². The summed E-state index contributed by atoms with van der Waals surface area (Å²) >= 11 is 0. The lowest BCUT2D eigenvalue weighted by Gasteiger charge is -2.23.